The van der Waals surface area contributed by atoms with E-state index < -0.39 is 0 Å². The summed E-state index contributed by atoms with van der Waals surface area (Å²) in [5.41, 5.74) is 18.8. The number of aromatic nitrogens is 1. The van der Waals surface area contributed by atoms with E-state index in [4.69, 9.17) is 4.42 Å². The Kier molecular flexibility index (Phi) is 7.97. The smallest absolute Gasteiger partial charge is 0.133 e. The van der Waals surface area contributed by atoms with E-state index >= 15 is 0 Å². The summed E-state index contributed by atoms with van der Waals surface area (Å²) in [5, 5.41) is 2.54. The van der Waals surface area contributed by atoms with Crippen molar-refractivity contribution in [3.05, 3.63) is 217 Å². The molecule has 2 heterocycles. The second-order valence-electron chi connectivity index (χ2n) is 16.1. The maximum atomic E-state index is 5.66. The van der Waals surface area contributed by atoms with Crippen LogP contribution in [-0.2, 0) is 5.41 Å². The summed E-state index contributed by atoms with van der Waals surface area (Å²) >= 11 is 0. The van der Waals surface area contributed by atoms with E-state index in [0.29, 0.717) is 0 Å². The van der Waals surface area contributed by atoms with Gasteiger partial charge >= 0.3 is 0 Å². The summed E-state index contributed by atoms with van der Waals surface area (Å²) in [6, 6.07) is 64.1. The first kappa shape index (κ1) is 34.2. The van der Waals surface area contributed by atoms with Crippen LogP contribution in [0.3, 0.4) is 0 Å². The summed E-state index contributed by atoms with van der Waals surface area (Å²) in [6.07, 6.45) is 8.23. The number of para-hydroxylation sites is 2. The highest BCUT2D eigenvalue weighted by Crippen LogP contribution is 2.49. The molecule has 11 rings (SSSR count). The number of hydrogen-bond donors (Lipinski definition) is 0. The molecular weight excluding hydrogens is 705 g/mol. The lowest BCUT2D eigenvalue weighted by molar-refractivity contribution is 0.582. The normalized spacial score (nSPS) is 14.2. The highest BCUT2D eigenvalue weighted by atomic mass is 16.3. The zero-order valence-corrected chi connectivity index (χ0v) is 32.7. The molecule has 278 valence electrons. The largest absolute Gasteiger partial charge is 0.464 e. The van der Waals surface area contributed by atoms with Gasteiger partial charge < -0.3 is 13.9 Å². The number of hydrogen-bond acceptors (Lipinski definition) is 2. The topological polar surface area (TPSA) is 21.3 Å². The Hall–Kier alpha value is -7.10. The highest BCUT2D eigenvalue weighted by Gasteiger charge is 2.35. The lowest BCUT2D eigenvalue weighted by Gasteiger charge is -2.30. The number of fused-ring (bicyclic) bond motifs is 6. The van der Waals surface area contributed by atoms with Crippen LogP contribution in [0.2, 0.25) is 0 Å². The monoisotopic (exact) mass is 746 g/mol. The van der Waals surface area contributed by atoms with Gasteiger partial charge in [-0.3, -0.25) is 0 Å². The average Bonchev–Trinajstić information content (AvgIpc) is 3.99. The number of nitrogens with zero attached hydrogens (tertiary/aromatic N) is 2. The Morgan fingerprint density at radius 2 is 1.22 bits per heavy atom. The molecule has 0 bridgehead atoms. The molecule has 2 aliphatic carbocycles. The molecule has 3 heteroatoms. The molecule has 9 aromatic rings. The molecular formula is C55H42N2O. The van der Waals surface area contributed by atoms with Crippen molar-refractivity contribution in [3.63, 3.8) is 0 Å². The van der Waals surface area contributed by atoms with Gasteiger partial charge in [0.15, 0.2) is 0 Å². The summed E-state index contributed by atoms with van der Waals surface area (Å²) in [7, 11) is 0. The van der Waals surface area contributed by atoms with Gasteiger partial charge in [-0.25, -0.2) is 0 Å². The minimum atomic E-state index is -0.0568. The molecule has 2 aliphatic rings. The van der Waals surface area contributed by atoms with Crippen molar-refractivity contribution in [1.82, 2.24) is 4.57 Å². The molecule has 0 amide bonds. The van der Waals surface area contributed by atoms with Crippen LogP contribution in [0.4, 0.5) is 11.4 Å². The first-order chi connectivity index (χ1) is 28.5. The SMILES string of the molecule is CC1(C)c2ccccc2-c2ccc(-n3c4ccccc4c4cc(-c5cccc(C6=CC=C(N(c7ccccc7)c7ccc(-c8ccco8)cc7)CC6)c5)ccc43)cc21. The van der Waals surface area contributed by atoms with Gasteiger partial charge in [0, 0.05) is 44.5 Å². The van der Waals surface area contributed by atoms with Crippen molar-refractivity contribution in [3.8, 4) is 39.3 Å². The van der Waals surface area contributed by atoms with Crippen molar-refractivity contribution in [2.45, 2.75) is 32.1 Å². The van der Waals surface area contributed by atoms with E-state index in [1.165, 1.54) is 77.7 Å². The average molecular weight is 747 g/mol. The Morgan fingerprint density at radius 3 is 2.05 bits per heavy atom. The van der Waals surface area contributed by atoms with E-state index in [0.717, 1.165) is 35.5 Å². The van der Waals surface area contributed by atoms with Gasteiger partial charge in [0.2, 0.25) is 0 Å². The Bertz CT molecular complexity index is 3070. The van der Waals surface area contributed by atoms with Gasteiger partial charge in [0.25, 0.3) is 0 Å². The molecule has 0 N–H and O–H groups in total. The third kappa shape index (κ3) is 5.57. The molecule has 0 unspecified atom stereocenters. The number of anilines is 2. The molecule has 0 spiro atoms. The van der Waals surface area contributed by atoms with Crippen LogP contribution < -0.4 is 4.90 Å². The fraction of sp³-hybridized carbons (Fsp3) is 0.0909. The maximum absolute atomic E-state index is 5.66. The Labute approximate surface area is 339 Å². The number of rotatable bonds is 7. The van der Waals surface area contributed by atoms with Gasteiger partial charge in [0.1, 0.15) is 5.76 Å². The fourth-order valence-corrected chi connectivity index (χ4v) is 9.49. The molecule has 0 fully saturated rings. The molecule has 0 saturated carbocycles. The second-order valence-corrected chi connectivity index (χ2v) is 16.1. The summed E-state index contributed by atoms with van der Waals surface area (Å²) in [4.78, 5) is 2.38. The molecule has 0 aliphatic heterocycles. The summed E-state index contributed by atoms with van der Waals surface area (Å²) in [6.45, 7) is 4.71. The van der Waals surface area contributed by atoms with Crippen LogP contribution in [0.25, 0.3) is 66.6 Å². The van der Waals surface area contributed by atoms with Gasteiger partial charge in [-0.15, -0.1) is 0 Å². The minimum absolute atomic E-state index is 0.0568. The summed E-state index contributed by atoms with van der Waals surface area (Å²) < 4.78 is 8.11. The van der Waals surface area contributed by atoms with Crippen molar-refractivity contribution in [2.24, 2.45) is 0 Å². The summed E-state index contributed by atoms with van der Waals surface area (Å²) in [5.74, 6) is 0.877. The third-order valence-electron chi connectivity index (χ3n) is 12.4. The van der Waals surface area contributed by atoms with Crippen molar-refractivity contribution < 1.29 is 4.42 Å². The number of furan rings is 1. The van der Waals surface area contributed by atoms with Crippen molar-refractivity contribution >= 4 is 38.8 Å². The zero-order valence-electron chi connectivity index (χ0n) is 32.7. The predicted molar refractivity (Wildman–Crippen MR) is 242 cm³/mol. The second kappa shape index (κ2) is 13.5. The van der Waals surface area contributed by atoms with E-state index in [9.17, 15) is 0 Å². The fourth-order valence-electron chi connectivity index (χ4n) is 9.49. The first-order valence-electron chi connectivity index (χ1n) is 20.3. The van der Waals surface area contributed by atoms with E-state index in [1.54, 1.807) is 6.26 Å². The van der Waals surface area contributed by atoms with Crippen LogP contribution >= 0.6 is 0 Å². The van der Waals surface area contributed by atoms with Crippen LogP contribution in [0.15, 0.2) is 204 Å². The van der Waals surface area contributed by atoms with Crippen molar-refractivity contribution in [1.29, 1.82) is 0 Å². The van der Waals surface area contributed by atoms with E-state index in [2.05, 4.69) is 199 Å². The van der Waals surface area contributed by atoms with Gasteiger partial charge in [-0.1, -0.05) is 111 Å². The first-order valence-corrected chi connectivity index (χ1v) is 20.3. The lowest BCUT2D eigenvalue weighted by atomic mass is 9.82. The molecule has 58 heavy (non-hydrogen) atoms. The molecule has 2 aromatic heterocycles. The molecule has 0 saturated heterocycles. The van der Waals surface area contributed by atoms with Crippen LogP contribution in [0.5, 0.6) is 0 Å². The van der Waals surface area contributed by atoms with E-state index in [1.807, 2.05) is 12.1 Å². The molecule has 7 aromatic carbocycles. The van der Waals surface area contributed by atoms with Crippen LogP contribution in [0.1, 0.15) is 43.4 Å². The predicted octanol–water partition coefficient (Wildman–Crippen LogP) is 14.9. The van der Waals surface area contributed by atoms with Gasteiger partial charge in [-0.2, -0.15) is 0 Å². The highest BCUT2D eigenvalue weighted by molar-refractivity contribution is 6.10. The van der Waals surface area contributed by atoms with Crippen LogP contribution in [0, 0.1) is 0 Å². The van der Waals surface area contributed by atoms with Crippen molar-refractivity contribution in [2.75, 3.05) is 4.90 Å². The van der Waals surface area contributed by atoms with E-state index in [-0.39, 0.29) is 5.41 Å². The maximum Gasteiger partial charge on any atom is 0.133 e. The number of benzene rings is 7. The third-order valence-corrected chi connectivity index (χ3v) is 12.4. The number of allylic oxidation sites excluding steroid dienone is 4. The zero-order chi connectivity index (χ0) is 38.8. The Morgan fingerprint density at radius 1 is 0.500 bits per heavy atom. The molecule has 3 nitrogen and oxygen atoms in total. The molecule has 0 radical (unpaired) electrons. The quantitative estimate of drug-likeness (QED) is 0.162. The Balaban J connectivity index is 0.932. The lowest BCUT2D eigenvalue weighted by Crippen LogP contribution is -2.17. The van der Waals surface area contributed by atoms with Crippen LogP contribution in [-0.4, -0.2) is 4.57 Å². The van der Waals surface area contributed by atoms with Gasteiger partial charge in [-0.05, 0) is 148 Å². The minimum Gasteiger partial charge on any atom is -0.464 e. The molecule has 0 atom stereocenters. The standard InChI is InChI=1S/C55H42N2O/c1-55(2)50-18-8-6-16-46(50)47-31-30-45(36-51(47)55)57-52-19-9-7-17-48(52)49-35-41(25-32-53(49)57)40-13-10-12-39(34-40)37-21-26-43(27-22-37)56(42-14-4-3-5-15-42)44-28-23-38(24-29-44)54-20-11-33-58-54/h3-21,23-26,28-36H,22,27H2,1-2H3. The van der Waals surface area contributed by atoms with Gasteiger partial charge in [0.05, 0.1) is 17.3 Å².